The summed E-state index contributed by atoms with van der Waals surface area (Å²) in [4.78, 5) is 7.86. The molecular weight excluding hydrogens is 354 g/mol. The van der Waals surface area contributed by atoms with E-state index in [0.717, 1.165) is 25.7 Å². The predicted octanol–water partition coefficient (Wildman–Crippen LogP) is 4.82. The van der Waals surface area contributed by atoms with Gasteiger partial charge in [0, 0.05) is 32.7 Å². The van der Waals surface area contributed by atoms with Crippen molar-refractivity contribution >= 4 is 0 Å². The van der Waals surface area contributed by atoms with E-state index < -0.39 is 0 Å². The number of nitrogens with zero attached hydrogens (tertiary/aromatic N) is 3. The number of rotatable bonds is 7. The molecular formula is C26H35N3. The minimum atomic E-state index is 0.999. The van der Waals surface area contributed by atoms with Crippen LogP contribution in [0.4, 0.5) is 0 Å². The summed E-state index contributed by atoms with van der Waals surface area (Å²) < 4.78 is 0. The standard InChI is InChI=1S/C26H35N3/c1-4-14-27(15-5-1)20-25-6-2-3-7-26(25)24-12-10-23(11-13-24)19-29-17-16-28(21-29)18-22-8-9-22/h2-3,6-7,10-13,22H,1,4-5,8-9,14-21H2. The van der Waals surface area contributed by atoms with Crippen LogP contribution in [0.15, 0.2) is 48.5 Å². The highest BCUT2D eigenvalue weighted by atomic mass is 15.4. The first-order chi connectivity index (χ1) is 14.3. The lowest BCUT2D eigenvalue weighted by molar-refractivity contribution is 0.221. The lowest BCUT2D eigenvalue weighted by atomic mass is 9.97. The highest BCUT2D eigenvalue weighted by Crippen LogP contribution is 2.30. The van der Waals surface area contributed by atoms with E-state index in [1.807, 2.05) is 0 Å². The van der Waals surface area contributed by atoms with E-state index in [-0.39, 0.29) is 0 Å². The van der Waals surface area contributed by atoms with Crippen molar-refractivity contribution in [1.29, 1.82) is 0 Å². The minimum Gasteiger partial charge on any atom is -0.299 e. The summed E-state index contributed by atoms with van der Waals surface area (Å²) in [5.74, 6) is 0.999. The lowest BCUT2D eigenvalue weighted by Gasteiger charge is -2.27. The number of piperidine rings is 1. The van der Waals surface area contributed by atoms with Crippen LogP contribution in [0.1, 0.15) is 43.2 Å². The third-order valence-electron chi connectivity index (χ3n) is 6.88. The number of likely N-dealkylation sites (tertiary alicyclic amines) is 1. The molecule has 154 valence electrons. The fourth-order valence-electron chi connectivity index (χ4n) is 5.00. The summed E-state index contributed by atoms with van der Waals surface area (Å²) in [7, 11) is 0. The molecule has 0 radical (unpaired) electrons. The van der Waals surface area contributed by atoms with Crippen LogP contribution in [0.2, 0.25) is 0 Å². The zero-order valence-corrected chi connectivity index (χ0v) is 17.7. The highest BCUT2D eigenvalue weighted by molar-refractivity contribution is 5.67. The molecule has 1 aliphatic carbocycles. The SMILES string of the molecule is c1ccc(-c2ccc(CN3CCN(CC4CC4)C3)cc2)c(CN2CCCCC2)c1. The van der Waals surface area contributed by atoms with Gasteiger partial charge < -0.3 is 0 Å². The third kappa shape index (κ3) is 5.09. The molecule has 3 fully saturated rings. The normalized spacial score (nSPS) is 21.7. The number of benzene rings is 2. The van der Waals surface area contributed by atoms with Crippen LogP contribution in [0.25, 0.3) is 11.1 Å². The largest absolute Gasteiger partial charge is 0.299 e. The van der Waals surface area contributed by atoms with Crippen LogP contribution in [-0.2, 0) is 13.1 Å². The first-order valence-electron chi connectivity index (χ1n) is 11.7. The van der Waals surface area contributed by atoms with Gasteiger partial charge in [0.2, 0.25) is 0 Å². The van der Waals surface area contributed by atoms with Crippen LogP contribution in [-0.4, -0.2) is 54.1 Å². The van der Waals surface area contributed by atoms with Gasteiger partial charge in [0.05, 0.1) is 6.67 Å². The van der Waals surface area contributed by atoms with Crippen LogP contribution in [0.3, 0.4) is 0 Å². The zero-order valence-electron chi connectivity index (χ0n) is 17.7. The molecule has 2 aromatic rings. The Morgan fingerprint density at radius 2 is 1.45 bits per heavy atom. The maximum absolute atomic E-state index is 2.64. The first kappa shape index (κ1) is 19.3. The lowest BCUT2D eigenvalue weighted by Crippen LogP contribution is -2.29. The second-order valence-electron chi connectivity index (χ2n) is 9.41. The summed E-state index contributed by atoms with van der Waals surface area (Å²) in [5.41, 5.74) is 5.67. The minimum absolute atomic E-state index is 0.999. The Labute approximate surface area is 176 Å². The quantitative estimate of drug-likeness (QED) is 0.672. The monoisotopic (exact) mass is 389 g/mol. The maximum Gasteiger partial charge on any atom is 0.0510 e. The van der Waals surface area contributed by atoms with E-state index in [0.29, 0.717) is 0 Å². The van der Waals surface area contributed by atoms with Crippen LogP contribution >= 0.6 is 0 Å². The summed E-state index contributed by atoms with van der Waals surface area (Å²) in [6.45, 7) is 9.60. The maximum atomic E-state index is 2.64. The van der Waals surface area contributed by atoms with Crippen molar-refractivity contribution in [2.45, 2.75) is 45.2 Å². The molecule has 0 amide bonds. The van der Waals surface area contributed by atoms with Gasteiger partial charge in [0.25, 0.3) is 0 Å². The second-order valence-corrected chi connectivity index (χ2v) is 9.41. The molecule has 0 spiro atoms. The predicted molar refractivity (Wildman–Crippen MR) is 121 cm³/mol. The van der Waals surface area contributed by atoms with E-state index in [9.17, 15) is 0 Å². The van der Waals surface area contributed by atoms with Gasteiger partial charge in [0.15, 0.2) is 0 Å². The van der Waals surface area contributed by atoms with E-state index in [1.54, 1.807) is 0 Å². The molecule has 1 saturated carbocycles. The smallest absolute Gasteiger partial charge is 0.0510 e. The van der Waals surface area contributed by atoms with Gasteiger partial charge in [-0.15, -0.1) is 0 Å². The second kappa shape index (κ2) is 8.99. The topological polar surface area (TPSA) is 9.72 Å². The van der Waals surface area contributed by atoms with Gasteiger partial charge in [-0.25, -0.2) is 0 Å². The average Bonchev–Trinajstić information content (AvgIpc) is 3.47. The summed E-state index contributed by atoms with van der Waals surface area (Å²) in [6, 6.07) is 18.3. The van der Waals surface area contributed by atoms with E-state index in [2.05, 4.69) is 63.2 Å². The van der Waals surface area contributed by atoms with Gasteiger partial charge in [-0.1, -0.05) is 55.0 Å². The Kier molecular flexibility index (Phi) is 5.98. The van der Waals surface area contributed by atoms with Crippen molar-refractivity contribution < 1.29 is 0 Å². The van der Waals surface area contributed by atoms with Crippen molar-refractivity contribution in [3.63, 3.8) is 0 Å². The third-order valence-corrected chi connectivity index (χ3v) is 6.88. The Balaban J connectivity index is 1.22. The zero-order chi connectivity index (χ0) is 19.5. The summed E-state index contributed by atoms with van der Waals surface area (Å²) in [6.07, 6.45) is 7.01. The molecule has 29 heavy (non-hydrogen) atoms. The van der Waals surface area contributed by atoms with Crippen molar-refractivity contribution in [2.75, 3.05) is 39.4 Å². The Morgan fingerprint density at radius 3 is 2.24 bits per heavy atom. The van der Waals surface area contributed by atoms with E-state index >= 15 is 0 Å². The Morgan fingerprint density at radius 1 is 0.690 bits per heavy atom. The molecule has 2 aliphatic heterocycles. The summed E-state index contributed by atoms with van der Waals surface area (Å²) >= 11 is 0. The molecule has 2 saturated heterocycles. The van der Waals surface area contributed by atoms with Crippen LogP contribution < -0.4 is 0 Å². The molecule has 0 bridgehead atoms. The molecule has 3 heteroatoms. The molecule has 0 aromatic heterocycles. The molecule has 0 atom stereocenters. The van der Waals surface area contributed by atoms with Crippen molar-refractivity contribution in [3.05, 3.63) is 59.7 Å². The van der Waals surface area contributed by atoms with Crippen LogP contribution in [0, 0.1) is 5.92 Å². The first-order valence-corrected chi connectivity index (χ1v) is 11.7. The molecule has 0 unspecified atom stereocenters. The van der Waals surface area contributed by atoms with Crippen molar-refractivity contribution in [1.82, 2.24) is 14.7 Å². The fraction of sp³-hybridized carbons (Fsp3) is 0.538. The van der Waals surface area contributed by atoms with Gasteiger partial charge in [0.1, 0.15) is 0 Å². The van der Waals surface area contributed by atoms with E-state index in [4.69, 9.17) is 0 Å². The molecule has 3 nitrogen and oxygen atoms in total. The van der Waals surface area contributed by atoms with Gasteiger partial charge >= 0.3 is 0 Å². The molecule has 3 aliphatic rings. The molecule has 5 rings (SSSR count). The molecule has 0 N–H and O–H groups in total. The highest BCUT2D eigenvalue weighted by Gasteiger charge is 2.28. The number of hydrogen-bond acceptors (Lipinski definition) is 3. The van der Waals surface area contributed by atoms with Gasteiger partial charge in [-0.05, 0) is 66.9 Å². The summed E-state index contributed by atoms with van der Waals surface area (Å²) in [5, 5.41) is 0. The Hall–Kier alpha value is -1.68. The van der Waals surface area contributed by atoms with Crippen LogP contribution in [0.5, 0.6) is 0 Å². The van der Waals surface area contributed by atoms with Gasteiger partial charge in [-0.2, -0.15) is 0 Å². The van der Waals surface area contributed by atoms with E-state index in [1.165, 1.54) is 87.1 Å². The molecule has 2 heterocycles. The number of hydrogen-bond donors (Lipinski definition) is 0. The van der Waals surface area contributed by atoms with Crippen molar-refractivity contribution in [2.24, 2.45) is 5.92 Å². The van der Waals surface area contributed by atoms with Gasteiger partial charge in [-0.3, -0.25) is 14.7 Å². The Bertz CT molecular complexity index is 790. The fourth-order valence-corrected chi connectivity index (χ4v) is 5.00. The van der Waals surface area contributed by atoms with Crippen molar-refractivity contribution in [3.8, 4) is 11.1 Å². The average molecular weight is 390 g/mol. The molecule has 2 aromatic carbocycles.